The number of imide groups is 1. The van der Waals surface area contributed by atoms with E-state index >= 15 is 0 Å². The van der Waals surface area contributed by atoms with Crippen LogP contribution in [0.1, 0.15) is 5.69 Å². The van der Waals surface area contributed by atoms with Crippen molar-refractivity contribution in [2.75, 3.05) is 61.1 Å². The second-order valence-corrected chi connectivity index (χ2v) is 8.27. The number of aliphatic hydroxyl groups excluding tert-OH is 1. The van der Waals surface area contributed by atoms with Crippen molar-refractivity contribution in [3.05, 3.63) is 47.0 Å². The molecule has 0 unspecified atom stereocenters. The summed E-state index contributed by atoms with van der Waals surface area (Å²) in [6.07, 6.45) is 1.60. The molecule has 0 radical (unpaired) electrons. The van der Waals surface area contributed by atoms with E-state index in [1.807, 2.05) is 30.1 Å². The van der Waals surface area contributed by atoms with Crippen LogP contribution in [0.4, 0.5) is 22.2 Å². The maximum absolute atomic E-state index is 11.9. The van der Waals surface area contributed by atoms with E-state index in [0.717, 1.165) is 37.9 Å². The molecule has 2 aliphatic heterocycles. The first-order chi connectivity index (χ1) is 15.0. The summed E-state index contributed by atoms with van der Waals surface area (Å²) in [4.78, 5) is 39.3. The van der Waals surface area contributed by atoms with E-state index in [-0.39, 0.29) is 11.8 Å². The van der Waals surface area contributed by atoms with Crippen LogP contribution in [0.3, 0.4) is 0 Å². The molecule has 0 saturated carbocycles. The number of rotatable bonds is 6. The van der Waals surface area contributed by atoms with Crippen LogP contribution >= 0.6 is 11.8 Å². The highest BCUT2D eigenvalue weighted by atomic mass is 32.2. The van der Waals surface area contributed by atoms with Crippen molar-refractivity contribution in [3.63, 3.8) is 0 Å². The minimum atomic E-state index is -0.420. The molecule has 2 amide bonds. The highest BCUT2D eigenvalue weighted by Gasteiger charge is 2.26. The zero-order valence-electron chi connectivity index (χ0n) is 17.2. The third-order valence-electron chi connectivity index (χ3n) is 5.15. The van der Waals surface area contributed by atoms with Gasteiger partial charge in [0, 0.05) is 51.5 Å². The highest BCUT2D eigenvalue weighted by Crippen LogP contribution is 2.27. The molecule has 2 N–H and O–H groups in total. The average molecular weight is 441 g/mol. The molecule has 0 atom stereocenters. The summed E-state index contributed by atoms with van der Waals surface area (Å²) >= 11 is 0.860. The Morgan fingerprint density at radius 2 is 1.84 bits per heavy atom. The monoisotopic (exact) mass is 440 g/mol. The zero-order valence-corrected chi connectivity index (χ0v) is 18.0. The Bertz CT molecular complexity index is 992. The molecule has 1 aromatic heterocycles. The molecule has 2 aliphatic rings. The Morgan fingerprint density at radius 3 is 2.48 bits per heavy atom. The first-order valence-electron chi connectivity index (χ1n) is 10.0. The largest absolute Gasteiger partial charge is 0.395 e. The smallest absolute Gasteiger partial charge is 0.290 e. The van der Waals surface area contributed by atoms with Gasteiger partial charge in [-0.3, -0.25) is 14.9 Å². The lowest BCUT2D eigenvalue weighted by Gasteiger charge is -2.36. The fourth-order valence-electron chi connectivity index (χ4n) is 3.47. The highest BCUT2D eigenvalue weighted by molar-refractivity contribution is 8.18. The molecule has 0 spiro atoms. The number of aromatic nitrogens is 2. The zero-order chi connectivity index (χ0) is 21.8. The van der Waals surface area contributed by atoms with Crippen molar-refractivity contribution in [1.82, 2.24) is 15.3 Å². The van der Waals surface area contributed by atoms with Gasteiger partial charge in [-0.15, -0.1) is 0 Å². The molecule has 2 fully saturated rings. The number of nitrogens with zero attached hydrogens (tertiary/aromatic N) is 5. The average Bonchev–Trinajstić information content (AvgIpc) is 3.11. The van der Waals surface area contributed by atoms with E-state index in [9.17, 15) is 14.7 Å². The Kier molecular flexibility index (Phi) is 6.38. The van der Waals surface area contributed by atoms with Gasteiger partial charge >= 0.3 is 0 Å². The minimum absolute atomic E-state index is 0.00519. The quantitative estimate of drug-likeness (QED) is 0.648. The van der Waals surface area contributed by atoms with Crippen molar-refractivity contribution >= 4 is 46.4 Å². The number of piperazine rings is 1. The molecule has 0 aliphatic carbocycles. The Morgan fingerprint density at radius 1 is 1.13 bits per heavy atom. The predicted octanol–water partition coefficient (Wildman–Crippen LogP) is 1.56. The summed E-state index contributed by atoms with van der Waals surface area (Å²) in [5, 5.41) is 11.2. The van der Waals surface area contributed by atoms with Gasteiger partial charge in [-0.2, -0.15) is 4.98 Å². The van der Waals surface area contributed by atoms with E-state index in [2.05, 4.69) is 37.2 Å². The van der Waals surface area contributed by atoms with E-state index in [1.54, 1.807) is 12.1 Å². The maximum atomic E-state index is 11.9. The van der Waals surface area contributed by atoms with Gasteiger partial charge in [0.1, 0.15) is 5.82 Å². The van der Waals surface area contributed by atoms with Crippen LogP contribution in [0, 0.1) is 0 Å². The summed E-state index contributed by atoms with van der Waals surface area (Å²) in [5.41, 5.74) is 1.74. The number of likely N-dealkylation sites (N-methyl/N-ethyl adjacent to an activating group) is 1. The Labute approximate surface area is 184 Å². The van der Waals surface area contributed by atoms with E-state index in [1.165, 1.54) is 5.69 Å². The van der Waals surface area contributed by atoms with Gasteiger partial charge in [-0.25, -0.2) is 4.98 Å². The standard InChI is InChI=1S/C21H24N6O3S/c1-25(11-12-28)18-14-15(13-17-19(29)24-21(30)31-17)22-20(23-18)27-9-7-26(8-10-27)16-5-3-2-4-6-16/h2-6,13-14,28H,7-12H2,1H3,(H,24,29,30). The van der Waals surface area contributed by atoms with Crippen molar-refractivity contribution in [3.8, 4) is 0 Å². The van der Waals surface area contributed by atoms with Gasteiger partial charge in [0.15, 0.2) is 0 Å². The summed E-state index contributed by atoms with van der Waals surface area (Å²) in [6, 6.07) is 12.0. The number of carbonyl (C=O) groups excluding carboxylic acids is 2. The summed E-state index contributed by atoms with van der Waals surface area (Å²) in [6.45, 7) is 3.61. The van der Waals surface area contributed by atoms with Gasteiger partial charge in [0.05, 0.1) is 17.2 Å². The van der Waals surface area contributed by atoms with Crippen LogP contribution in [-0.2, 0) is 4.79 Å². The summed E-state index contributed by atoms with van der Waals surface area (Å²) < 4.78 is 0. The number of hydrogen-bond acceptors (Lipinski definition) is 9. The maximum Gasteiger partial charge on any atom is 0.290 e. The predicted molar refractivity (Wildman–Crippen MR) is 122 cm³/mol. The SMILES string of the molecule is CN(CCO)c1cc(C=C2SC(=O)NC2=O)nc(N2CCN(c3ccccc3)CC2)n1. The number of carbonyl (C=O) groups is 2. The summed E-state index contributed by atoms with van der Waals surface area (Å²) in [5.74, 6) is 0.791. The molecular weight excluding hydrogens is 416 g/mol. The number of amides is 2. The van der Waals surface area contributed by atoms with Crippen molar-refractivity contribution in [2.45, 2.75) is 0 Å². The van der Waals surface area contributed by atoms with E-state index < -0.39 is 5.91 Å². The lowest BCUT2D eigenvalue weighted by Crippen LogP contribution is -2.47. The molecule has 10 heteroatoms. The first kappa shape index (κ1) is 21.1. The van der Waals surface area contributed by atoms with E-state index in [0.29, 0.717) is 28.9 Å². The van der Waals surface area contributed by atoms with Gasteiger partial charge in [0.2, 0.25) is 5.95 Å². The Balaban J connectivity index is 1.58. The topological polar surface area (TPSA) is 102 Å². The molecule has 2 aromatic rings. The van der Waals surface area contributed by atoms with Gasteiger partial charge < -0.3 is 19.8 Å². The third kappa shape index (κ3) is 4.97. The number of aliphatic hydroxyl groups is 1. The van der Waals surface area contributed by atoms with Crippen LogP contribution in [0.2, 0.25) is 0 Å². The minimum Gasteiger partial charge on any atom is -0.395 e. The van der Waals surface area contributed by atoms with Crippen LogP contribution in [0.25, 0.3) is 6.08 Å². The molecule has 31 heavy (non-hydrogen) atoms. The third-order valence-corrected chi connectivity index (χ3v) is 5.96. The number of thioether (sulfide) groups is 1. The molecular formula is C21H24N6O3S. The molecule has 0 bridgehead atoms. The first-order valence-corrected chi connectivity index (χ1v) is 10.9. The molecule has 2 saturated heterocycles. The lowest BCUT2D eigenvalue weighted by atomic mass is 10.2. The van der Waals surface area contributed by atoms with Gasteiger partial charge in [0.25, 0.3) is 11.1 Å². The fraction of sp³-hybridized carbons (Fsp3) is 0.333. The van der Waals surface area contributed by atoms with Crippen LogP contribution in [-0.4, -0.2) is 72.6 Å². The van der Waals surface area contributed by atoms with E-state index in [4.69, 9.17) is 0 Å². The van der Waals surface area contributed by atoms with Crippen LogP contribution < -0.4 is 20.0 Å². The number of benzene rings is 1. The summed E-state index contributed by atoms with van der Waals surface area (Å²) in [7, 11) is 1.84. The molecule has 4 rings (SSSR count). The second-order valence-electron chi connectivity index (χ2n) is 7.26. The molecule has 162 valence electrons. The van der Waals surface area contributed by atoms with Crippen LogP contribution in [0.5, 0.6) is 0 Å². The van der Waals surface area contributed by atoms with Crippen LogP contribution in [0.15, 0.2) is 41.3 Å². The lowest BCUT2D eigenvalue weighted by molar-refractivity contribution is -0.115. The molecule has 9 nitrogen and oxygen atoms in total. The van der Waals surface area contributed by atoms with Crippen molar-refractivity contribution in [2.24, 2.45) is 0 Å². The normalized spacial score (nSPS) is 17.9. The fourth-order valence-corrected chi connectivity index (χ4v) is 4.14. The van der Waals surface area contributed by atoms with Crippen molar-refractivity contribution < 1.29 is 14.7 Å². The number of hydrogen-bond donors (Lipinski definition) is 2. The molecule has 1 aromatic carbocycles. The Hall–Kier alpha value is -3.11. The number of anilines is 3. The molecule has 3 heterocycles. The van der Waals surface area contributed by atoms with Gasteiger partial charge in [-0.05, 0) is 30.0 Å². The number of nitrogens with one attached hydrogen (secondary N) is 1. The number of para-hydroxylation sites is 1. The second kappa shape index (κ2) is 9.36. The van der Waals surface area contributed by atoms with Gasteiger partial charge in [-0.1, -0.05) is 18.2 Å². The van der Waals surface area contributed by atoms with Crippen molar-refractivity contribution in [1.29, 1.82) is 0 Å².